The minimum absolute atomic E-state index is 0.0916. The number of phenols is 1. The van der Waals surface area contributed by atoms with E-state index in [1.54, 1.807) is 0 Å². The van der Waals surface area contributed by atoms with Crippen LogP contribution in [-0.2, 0) is 9.53 Å². The fraction of sp³-hybridized carbons (Fsp3) is 0.333. The van der Waals surface area contributed by atoms with Gasteiger partial charge in [-0.1, -0.05) is 0 Å². The summed E-state index contributed by atoms with van der Waals surface area (Å²) in [5.41, 5.74) is -0.0916. The number of hydrogen-bond acceptors (Lipinski definition) is 4. The Morgan fingerprint density at radius 3 is 2.74 bits per heavy atom. The Morgan fingerprint density at radius 1 is 1.37 bits per heavy atom. The highest BCUT2D eigenvalue weighted by atomic mass is 19.1. The lowest BCUT2D eigenvalue weighted by Crippen LogP contribution is -2.38. The van der Waals surface area contributed by atoms with Gasteiger partial charge in [0.15, 0.2) is 0 Å². The van der Waals surface area contributed by atoms with Crippen LogP contribution >= 0.6 is 0 Å². The summed E-state index contributed by atoms with van der Waals surface area (Å²) in [5.74, 6) is -2.16. The number of carbonyl (C=O) groups excluding carboxylic acids is 2. The molecule has 1 aromatic carbocycles. The number of halogens is 1. The quantitative estimate of drug-likeness (QED) is 0.636. The Balaban J connectivity index is 2.45. The van der Waals surface area contributed by atoms with Crippen LogP contribution in [0.5, 0.6) is 5.75 Å². The van der Waals surface area contributed by atoms with Crippen molar-refractivity contribution in [3.63, 3.8) is 0 Å². The van der Waals surface area contributed by atoms with Gasteiger partial charge in [0.2, 0.25) is 5.91 Å². The molecular weight excluding hydrogens is 255 g/mol. The molecule has 0 spiro atoms. The van der Waals surface area contributed by atoms with Crippen LogP contribution in [0.1, 0.15) is 10.4 Å². The maximum Gasteiger partial charge on any atom is 0.255 e. The van der Waals surface area contributed by atoms with Crippen molar-refractivity contribution < 1.29 is 23.8 Å². The molecule has 0 heterocycles. The van der Waals surface area contributed by atoms with E-state index in [1.165, 1.54) is 7.11 Å². The van der Waals surface area contributed by atoms with E-state index in [0.29, 0.717) is 13.2 Å². The number of ether oxygens (including phenoxy) is 1. The summed E-state index contributed by atoms with van der Waals surface area (Å²) in [6.07, 6.45) is 0. The van der Waals surface area contributed by atoms with Crippen LogP contribution in [-0.4, -0.2) is 43.7 Å². The molecule has 19 heavy (non-hydrogen) atoms. The Hall–Kier alpha value is -2.15. The second-order valence-corrected chi connectivity index (χ2v) is 3.69. The molecule has 6 nitrogen and oxygen atoms in total. The van der Waals surface area contributed by atoms with Crippen LogP contribution in [0.15, 0.2) is 18.2 Å². The predicted molar refractivity (Wildman–Crippen MR) is 65.3 cm³/mol. The molecule has 0 aliphatic heterocycles. The van der Waals surface area contributed by atoms with Gasteiger partial charge in [-0.2, -0.15) is 0 Å². The predicted octanol–water partition coefficient (Wildman–Crippen LogP) is 0.0237. The largest absolute Gasteiger partial charge is 0.507 e. The lowest BCUT2D eigenvalue weighted by atomic mass is 10.2. The number of rotatable bonds is 6. The Labute approximate surface area is 109 Å². The van der Waals surface area contributed by atoms with Crippen molar-refractivity contribution in [3.05, 3.63) is 29.6 Å². The molecule has 1 rings (SSSR count). The fourth-order valence-corrected chi connectivity index (χ4v) is 1.31. The maximum absolute atomic E-state index is 12.7. The molecule has 0 unspecified atom stereocenters. The Morgan fingerprint density at radius 2 is 2.11 bits per heavy atom. The highest BCUT2D eigenvalue weighted by molar-refractivity contribution is 5.98. The van der Waals surface area contributed by atoms with Crippen molar-refractivity contribution in [1.82, 2.24) is 10.6 Å². The smallest absolute Gasteiger partial charge is 0.255 e. The molecule has 104 valence electrons. The van der Waals surface area contributed by atoms with Crippen LogP contribution in [0.4, 0.5) is 4.39 Å². The number of methoxy groups -OCH3 is 1. The summed E-state index contributed by atoms with van der Waals surface area (Å²) in [7, 11) is 1.51. The van der Waals surface area contributed by atoms with E-state index in [2.05, 4.69) is 10.6 Å². The summed E-state index contributed by atoms with van der Waals surface area (Å²) in [6.45, 7) is 0.477. The van der Waals surface area contributed by atoms with Crippen molar-refractivity contribution in [2.24, 2.45) is 0 Å². The van der Waals surface area contributed by atoms with Gasteiger partial charge >= 0.3 is 0 Å². The van der Waals surface area contributed by atoms with Gasteiger partial charge in [0.05, 0.1) is 18.7 Å². The zero-order chi connectivity index (χ0) is 14.3. The van der Waals surface area contributed by atoms with Gasteiger partial charge < -0.3 is 20.5 Å². The number of hydrogen-bond donors (Lipinski definition) is 3. The van der Waals surface area contributed by atoms with E-state index in [4.69, 9.17) is 4.74 Å². The highest BCUT2D eigenvalue weighted by Gasteiger charge is 2.12. The summed E-state index contributed by atoms with van der Waals surface area (Å²) in [5, 5.41) is 14.2. The van der Waals surface area contributed by atoms with Crippen LogP contribution in [0.3, 0.4) is 0 Å². The number of phenolic OH excluding ortho intramolecular Hbond substituents is 1. The molecular formula is C12H15FN2O4. The van der Waals surface area contributed by atoms with E-state index in [-0.39, 0.29) is 18.0 Å². The van der Waals surface area contributed by atoms with Crippen molar-refractivity contribution in [1.29, 1.82) is 0 Å². The summed E-state index contributed by atoms with van der Waals surface area (Å²) in [4.78, 5) is 22.9. The Kier molecular flexibility index (Phi) is 5.74. The van der Waals surface area contributed by atoms with Gasteiger partial charge in [0, 0.05) is 19.7 Å². The standard InChI is InChI=1S/C12H15FN2O4/c1-19-5-4-14-11(17)7-15-12(18)9-3-2-8(13)6-10(9)16/h2-3,6,16H,4-5,7H2,1H3,(H,14,17)(H,15,18). The topological polar surface area (TPSA) is 87.7 Å². The number of benzene rings is 1. The molecule has 7 heteroatoms. The molecule has 1 aromatic rings. The average molecular weight is 270 g/mol. The first-order valence-corrected chi connectivity index (χ1v) is 5.57. The normalized spacial score (nSPS) is 10.0. The van der Waals surface area contributed by atoms with Crippen LogP contribution in [0.25, 0.3) is 0 Å². The van der Waals surface area contributed by atoms with Crippen LogP contribution in [0, 0.1) is 5.82 Å². The molecule has 0 aliphatic rings. The number of amides is 2. The first-order valence-electron chi connectivity index (χ1n) is 5.57. The van der Waals surface area contributed by atoms with E-state index in [9.17, 15) is 19.1 Å². The molecule has 0 atom stereocenters. The van der Waals surface area contributed by atoms with E-state index in [0.717, 1.165) is 18.2 Å². The van der Waals surface area contributed by atoms with Crippen molar-refractivity contribution in [2.45, 2.75) is 0 Å². The third-order valence-electron chi connectivity index (χ3n) is 2.24. The number of carbonyl (C=O) groups is 2. The Bertz CT molecular complexity index is 465. The summed E-state index contributed by atoms with van der Waals surface area (Å²) < 4.78 is 17.5. The third kappa shape index (κ3) is 4.92. The molecule has 0 aliphatic carbocycles. The second-order valence-electron chi connectivity index (χ2n) is 3.69. The molecule has 3 N–H and O–H groups in total. The van der Waals surface area contributed by atoms with E-state index < -0.39 is 17.5 Å². The van der Waals surface area contributed by atoms with Gasteiger partial charge in [0.1, 0.15) is 11.6 Å². The highest BCUT2D eigenvalue weighted by Crippen LogP contribution is 2.17. The van der Waals surface area contributed by atoms with Crippen molar-refractivity contribution >= 4 is 11.8 Å². The summed E-state index contributed by atoms with van der Waals surface area (Å²) >= 11 is 0. The molecule has 0 aromatic heterocycles. The number of nitrogens with one attached hydrogen (secondary N) is 2. The minimum atomic E-state index is -0.653. The van der Waals surface area contributed by atoms with Gasteiger partial charge in [-0.25, -0.2) is 4.39 Å². The van der Waals surface area contributed by atoms with Gasteiger partial charge in [-0.3, -0.25) is 9.59 Å². The lowest BCUT2D eigenvalue weighted by Gasteiger charge is -2.07. The molecule has 2 amide bonds. The average Bonchev–Trinajstić information content (AvgIpc) is 2.36. The van der Waals surface area contributed by atoms with Crippen LogP contribution in [0.2, 0.25) is 0 Å². The SMILES string of the molecule is COCCNC(=O)CNC(=O)c1ccc(F)cc1O. The minimum Gasteiger partial charge on any atom is -0.507 e. The zero-order valence-electron chi connectivity index (χ0n) is 10.4. The lowest BCUT2D eigenvalue weighted by molar-refractivity contribution is -0.120. The van der Waals surface area contributed by atoms with Crippen molar-refractivity contribution in [2.75, 3.05) is 26.8 Å². The first-order chi connectivity index (χ1) is 9.04. The van der Waals surface area contributed by atoms with E-state index in [1.807, 2.05) is 0 Å². The summed E-state index contributed by atoms with van der Waals surface area (Å²) in [6, 6.07) is 3.02. The van der Waals surface area contributed by atoms with Gasteiger partial charge in [-0.05, 0) is 12.1 Å². The molecule has 0 radical (unpaired) electrons. The van der Waals surface area contributed by atoms with Gasteiger partial charge in [0.25, 0.3) is 5.91 Å². The number of aromatic hydroxyl groups is 1. The maximum atomic E-state index is 12.7. The molecule has 0 saturated carbocycles. The molecule has 0 bridgehead atoms. The molecule has 0 fully saturated rings. The van der Waals surface area contributed by atoms with Crippen molar-refractivity contribution in [3.8, 4) is 5.75 Å². The third-order valence-corrected chi connectivity index (χ3v) is 2.24. The monoisotopic (exact) mass is 270 g/mol. The van der Waals surface area contributed by atoms with Gasteiger partial charge in [-0.15, -0.1) is 0 Å². The molecule has 0 saturated heterocycles. The zero-order valence-corrected chi connectivity index (χ0v) is 10.4. The second kappa shape index (κ2) is 7.32. The first kappa shape index (κ1) is 14.9. The van der Waals surface area contributed by atoms with Crippen LogP contribution < -0.4 is 10.6 Å². The van der Waals surface area contributed by atoms with E-state index >= 15 is 0 Å². The fourth-order valence-electron chi connectivity index (χ4n) is 1.31.